The van der Waals surface area contributed by atoms with Gasteiger partial charge in [-0.1, -0.05) is 70.2 Å². The van der Waals surface area contributed by atoms with Crippen LogP contribution in [0.4, 0.5) is 0 Å². The van der Waals surface area contributed by atoms with Crippen molar-refractivity contribution in [3.05, 3.63) is 101 Å². The number of hydrogen-bond acceptors (Lipinski definition) is 5. The molecule has 1 atom stereocenters. The van der Waals surface area contributed by atoms with E-state index in [1.165, 1.54) is 5.56 Å². The smallest absolute Gasteiger partial charge is 0.214 e. The third kappa shape index (κ3) is 5.80. The zero-order valence-corrected chi connectivity index (χ0v) is 24.7. The summed E-state index contributed by atoms with van der Waals surface area (Å²) < 4.78 is 11.8. The number of pyridine rings is 1. The van der Waals surface area contributed by atoms with Crippen LogP contribution in [0.25, 0.3) is 22.0 Å². The van der Waals surface area contributed by atoms with Crippen molar-refractivity contribution < 1.29 is 14.6 Å². The molecular formula is C35H40N2O3. The highest BCUT2D eigenvalue weighted by molar-refractivity contribution is 5.96. The summed E-state index contributed by atoms with van der Waals surface area (Å²) in [7, 11) is 1.63. The van der Waals surface area contributed by atoms with Gasteiger partial charge in [-0.05, 0) is 76.9 Å². The van der Waals surface area contributed by atoms with E-state index in [1.807, 2.05) is 76.4 Å². The molecule has 6 bridgehead atoms. The molecule has 40 heavy (non-hydrogen) atoms. The number of aliphatic hydroxyl groups is 1. The quantitative estimate of drug-likeness (QED) is 0.268. The fourth-order valence-corrected chi connectivity index (χ4v) is 4.97. The molecule has 0 radical (unpaired) electrons. The Bertz CT molecular complexity index is 1550. The van der Waals surface area contributed by atoms with Crippen LogP contribution in [-0.2, 0) is 12.0 Å². The summed E-state index contributed by atoms with van der Waals surface area (Å²) in [5.41, 5.74) is 5.81. The third-order valence-electron chi connectivity index (χ3n) is 7.13. The molecule has 1 unspecified atom stereocenters. The molecule has 5 nitrogen and oxygen atoms in total. The second-order valence-electron chi connectivity index (χ2n) is 10.3. The van der Waals surface area contributed by atoms with Crippen molar-refractivity contribution in [1.82, 2.24) is 4.98 Å². The Labute approximate surface area is 238 Å². The van der Waals surface area contributed by atoms with Crippen LogP contribution in [0.3, 0.4) is 0 Å². The molecule has 1 N–H and O–H groups in total. The minimum Gasteiger partial charge on any atom is -0.493 e. The summed E-state index contributed by atoms with van der Waals surface area (Å²) in [6.07, 6.45) is 4.39. The topological polar surface area (TPSA) is 63.9 Å². The van der Waals surface area contributed by atoms with Gasteiger partial charge >= 0.3 is 0 Å². The van der Waals surface area contributed by atoms with E-state index in [9.17, 15) is 5.11 Å². The lowest BCUT2D eigenvalue weighted by Crippen LogP contribution is -2.29. The predicted molar refractivity (Wildman–Crippen MR) is 166 cm³/mol. The molecule has 0 saturated carbocycles. The van der Waals surface area contributed by atoms with Crippen LogP contribution in [0.5, 0.6) is 11.6 Å². The van der Waals surface area contributed by atoms with Crippen molar-refractivity contribution >= 4 is 17.1 Å². The average Bonchev–Trinajstić information content (AvgIpc) is 2.97. The zero-order chi connectivity index (χ0) is 28.9. The molecule has 1 aromatic heterocycles. The summed E-state index contributed by atoms with van der Waals surface area (Å²) in [4.78, 5) is 9.22. The normalized spacial score (nSPS) is 16.9. The molecule has 4 aromatic rings. The second-order valence-corrected chi connectivity index (χ2v) is 10.3. The minimum atomic E-state index is -1.43. The minimum absolute atomic E-state index is 0.303. The Morgan fingerprint density at radius 1 is 1.05 bits per heavy atom. The summed E-state index contributed by atoms with van der Waals surface area (Å²) >= 11 is 0. The molecule has 0 aliphatic carbocycles. The Hall–Kier alpha value is -3.96. The van der Waals surface area contributed by atoms with E-state index < -0.39 is 5.60 Å². The van der Waals surface area contributed by atoms with Gasteiger partial charge in [-0.2, -0.15) is 0 Å². The van der Waals surface area contributed by atoms with Gasteiger partial charge in [0, 0.05) is 30.3 Å². The van der Waals surface area contributed by atoms with Gasteiger partial charge < -0.3 is 14.6 Å². The summed E-state index contributed by atoms with van der Waals surface area (Å²) in [6, 6.07) is 22.3. The summed E-state index contributed by atoms with van der Waals surface area (Å²) in [5.74, 6) is 1.62. The molecule has 2 heterocycles. The first-order chi connectivity index (χ1) is 19.3. The van der Waals surface area contributed by atoms with Crippen molar-refractivity contribution in [2.45, 2.75) is 53.6 Å². The fourth-order valence-electron chi connectivity index (χ4n) is 4.97. The number of aryl methyl sites for hydroxylation is 1. The van der Waals surface area contributed by atoms with Gasteiger partial charge in [-0.15, -0.1) is 0 Å². The maximum atomic E-state index is 12.6. The Kier molecular flexibility index (Phi) is 9.06. The molecule has 208 valence electrons. The number of fused-ring (bicyclic) bond motifs is 6. The van der Waals surface area contributed by atoms with E-state index in [0.29, 0.717) is 24.0 Å². The van der Waals surface area contributed by atoms with Gasteiger partial charge in [0.15, 0.2) is 0 Å². The lowest BCUT2D eigenvalue weighted by molar-refractivity contribution is 0.120. The third-order valence-corrected chi connectivity index (χ3v) is 7.13. The van der Waals surface area contributed by atoms with Crippen LogP contribution in [0.15, 0.2) is 83.5 Å². The Balaban J connectivity index is 0.00000181. The van der Waals surface area contributed by atoms with E-state index in [2.05, 4.69) is 43.1 Å². The molecule has 0 amide bonds. The monoisotopic (exact) mass is 536 g/mol. The van der Waals surface area contributed by atoms with Crippen LogP contribution < -0.4 is 9.47 Å². The summed E-state index contributed by atoms with van der Waals surface area (Å²) in [6.45, 7) is 12.6. The number of benzene rings is 3. The van der Waals surface area contributed by atoms with Crippen LogP contribution in [0, 0.1) is 12.8 Å². The van der Waals surface area contributed by atoms with Crippen LogP contribution >= 0.6 is 0 Å². The van der Waals surface area contributed by atoms with Crippen molar-refractivity contribution in [3.63, 3.8) is 0 Å². The number of rotatable bonds is 4. The highest BCUT2D eigenvalue weighted by atomic mass is 16.5. The first-order valence-corrected chi connectivity index (χ1v) is 14.0. The average molecular weight is 537 g/mol. The maximum Gasteiger partial charge on any atom is 0.214 e. The first-order valence-electron chi connectivity index (χ1n) is 14.0. The standard InChI is InChI=1S/C33H34N2O3.C2H6/c1-21(2)19-34-20-23(4)33(36)26-11-12-30-29(16-26)28(18-32(35-30)37-5)25-8-6-7-24(15-25)13-14-38-31-17-27(33)10-9-22(31)3;1-2/h6-12,15-21,36H,13-14H2,1-5H3;1-2H3/b23-20+,34-19?;. The van der Waals surface area contributed by atoms with Crippen molar-refractivity contribution in [2.24, 2.45) is 10.9 Å². The molecule has 1 aliphatic rings. The van der Waals surface area contributed by atoms with Crippen molar-refractivity contribution in [2.75, 3.05) is 13.7 Å². The number of nitrogens with zero attached hydrogens (tertiary/aromatic N) is 2. The van der Waals surface area contributed by atoms with E-state index in [4.69, 9.17) is 14.5 Å². The first kappa shape index (κ1) is 29.0. The van der Waals surface area contributed by atoms with Gasteiger partial charge in [-0.3, -0.25) is 4.99 Å². The van der Waals surface area contributed by atoms with Gasteiger partial charge in [0.2, 0.25) is 5.88 Å². The van der Waals surface area contributed by atoms with Gasteiger partial charge in [0.05, 0.1) is 19.2 Å². The highest BCUT2D eigenvalue weighted by Crippen LogP contribution is 2.41. The lowest BCUT2D eigenvalue weighted by Gasteiger charge is -2.31. The molecule has 1 aliphatic heterocycles. The largest absolute Gasteiger partial charge is 0.493 e. The van der Waals surface area contributed by atoms with Crippen molar-refractivity contribution in [1.29, 1.82) is 0 Å². The van der Waals surface area contributed by atoms with Crippen LogP contribution in [-0.4, -0.2) is 30.0 Å². The van der Waals surface area contributed by atoms with Crippen molar-refractivity contribution in [3.8, 4) is 22.8 Å². The molecule has 0 fully saturated rings. The molecular weight excluding hydrogens is 496 g/mol. The van der Waals surface area contributed by atoms with E-state index in [0.717, 1.165) is 50.9 Å². The van der Waals surface area contributed by atoms with E-state index in [1.54, 1.807) is 13.3 Å². The number of aromatic nitrogens is 1. The SMILES string of the molecule is CC.COc1cc2c3cc(ccc3n1)C(O)(/C(C)=C/N=CC(C)C)c1ccc(C)c(c1)OCCc1cccc-2c1. The maximum absolute atomic E-state index is 12.6. The summed E-state index contributed by atoms with van der Waals surface area (Å²) in [5, 5.41) is 13.5. The Morgan fingerprint density at radius 2 is 1.80 bits per heavy atom. The molecule has 5 heteroatoms. The fraction of sp³-hybridized carbons (Fsp3) is 0.314. The molecule has 5 rings (SSSR count). The lowest BCUT2D eigenvalue weighted by atomic mass is 9.79. The van der Waals surface area contributed by atoms with Gasteiger partial charge in [-0.25, -0.2) is 4.98 Å². The predicted octanol–water partition coefficient (Wildman–Crippen LogP) is 8.05. The molecule has 0 spiro atoms. The van der Waals surface area contributed by atoms with Crippen LogP contribution in [0.2, 0.25) is 0 Å². The number of aliphatic imine (C=N–C) groups is 1. The van der Waals surface area contributed by atoms with E-state index >= 15 is 0 Å². The molecule has 0 saturated heterocycles. The molecule has 3 aromatic carbocycles. The van der Waals surface area contributed by atoms with E-state index in [-0.39, 0.29) is 0 Å². The number of hydrogen-bond donors (Lipinski definition) is 1. The van der Waals surface area contributed by atoms with Crippen LogP contribution in [0.1, 0.15) is 56.9 Å². The van der Waals surface area contributed by atoms with Gasteiger partial charge in [0.1, 0.15) is 11.4 Å². The number of ether oxygens (including phenoxy) is 2. The second kappa shape index (κ2) is 12.5. The Morgan fingerprint density at radius 3 is 2.55 bits per heavy atom. The highest BCUT2D eigenvalue weighted by Gasteiger charge is 2.35. The zero-order valence-electron chi connectivity index (χ0n) is 24.7. The number of methoxy groups -OCH3 is 1. The van der Waals surface area contributed by atoms with Gasteiger partial charge in [0.25, 0.3) is 0 Å².